The maximum atomic E-state index is 12.3. The van der Waals surface area contributed by atoms with Gasteiger partial charge in [-0.1, -0.05) is 30.3 Å². The summed E-state index contributed by atoms with van der Waals surface area (Å²) in [5.41, 5.74) is 1.41. The molecule has 0 aliphatic carbocycles. The summed E-state index contributed by atoms with van der Waals surface area (Å²) in [4.78, 5) is 24.6. The van der Waals surface area contributed by atoms with Gasteiger partial charge in [-0.2, -0.15) is 0 Å². The molecule has 5 heteroatoms. The minimum Gasteiger partial charge on any atom is -0.427 e. The highest BCUT2D eigenvalue weighted by Gasteiger charge is 2.19. The Morgan fingerprint density at radius 1 is 1.28 bits per heavy atom. The van der Waals surface area contributed by atoms with Crippen molar-refractivity contribution in [1.82, 2.24) is 10.6 Å². The summed E-state index contributed by atoms with van der Waals surface area (Å²) < 4.78 is 5.37. The molecule has 1 amide bonds. The summed E-state index contributed by atoms with van der Waals surface area (Å²) in [5.74, 6) is 0.259. The highest BCUT2D eigenvalue weighted by Crippen LogP contribution is 2.11. The third kappa shape index (κ3) is 4.57. The van der Waals surface area contributed by atoms with Crippen LogP contribution in [0.25, 0.3) is 0 Å². The number of carbonyl (C=O) groups is 1. The number of benzene rings is 1. The van der Waals surface area contributed by atoms with Crippen LogP contribution in [0.2, 0.25) is 0 Å². The molecule has 1 aliphatic rings. The van der Waals surface area contributed by atoms with Gasteiger partial charge in [-0.3, -0.25) is 4.79 Å². The highest BCUT2D eigenvalue weighted by atomic mass is 16.4. The van der Waals surface area contributed by atoms with Gasteiger partial charge in [-0.25, -0.2) is 4.79 Å². The standard InChI is InChI=1S/C20H24N2O3/c1-14-12-17(10-9-15-6-3-2-4-7-15)25-20(24)18(14)19(23)22-13-16-8-5-11-21-16/h2-4,6-7,12,16,21H,5,8-11,13H2,1H3,(H,22,23)/t16-/m0/s1. The van der Waals surface area contributed by atoms with Gasteiger partial charge in [0.1, 0.15) is 11.3 Å². The molecule has 5 nitrogen and oxygen atoms in total. The molecule has 2 aromatic rings. The van der Waals surface area contributed by atoms with Crippen LogP contribution in [0.15, 0.2) is 45.6 Å². The van der Waals surface area contributed by atoms with Gasteiger partial charge in [-0.05, 0) is 49.9 Å². The monoisotopic (exact) mass is 340 g/mol. The van der Waals surface area contributed by atoms with Gasteiger partial charge in [0.15, 0.2) is 0 Å². The van der Waals surface area contributed by atoms with Gasteiger partial charge in [0, 0.05) is 19.0 Å². The zero-order chi connectivity index (χ0) is 17.6. The van der Waals surface area contributed by atoms with Crippen molar-refractivity contribution in [3.63, 3.8) is 0 Å². The van der Waals surface area contributed by atoms with Gasteiger partial charge in [0.2, 0.25) is 0 Å². The number of hydrogen-bond acceptors (Lipinski definition) is 4. The Labute approximate surface area is 147 Å². The molecule has 1 aromatic heterocycles. The first-order valence-electron chi connectivity index (χ1n) is 8.82. The van der Waals surface area contributed by atoms with E-state index in [4.69, 9.17) is 4.42 Å². The molecule has 2 heterocycles. The lowest BCUT2D eigenvalue weighted by Crippen LogP contribution is -2.39. The minimum absolute atomic E-state index is 0.112. The average molecular weight is 340 g/mol. The Bertz CT molecular complexity index is 777. The molecule has 132 valence electrons. The second kappa shape index (κ2) is 8.12. The molecule has 25 heavy (non-hydrogen) atoms. The van der Waals surface area contributed by atoms with E-state index in [1.807, 2.05) is 30.3 Å². The van der Waals surface area contributed by atoms with Crippen molar-refractivity contribution in [1.29, 1.82) is 0 Å². The first kappa shape index (κ1) is 17.4. The summed E-state index contributed by atoms with van der Waals surface area (Å²) in [6, 6.07) is 12.1. The molecule has 3 rings (SSSR count). The van der Waals surface area contributed by atoms with Crippen molar-refractivity contribution in [3.05, 3.63) is 69.3 Å². The fraction of sp³-hybridized carbons (Fsp3) is 0.400. The van der Waals surface area contributed by atoms with E-state index in [0.29, 0.717) is 30.3 Å². The van der Waals surface area contributed by atoms with E-state index in [2.05, 4.69) is 10.6 Å². The van der Waals surface area contributed by atoms with Gasteiger partial charge in [0.25, 0.3) is 5.91 Å². The van der Waals surface area contributed by atoms with Crippen molar-refractivity contribution in [2.75, 3.05) is 13.1 Å². The summed E-state index contributed by atoms with van der Waals surface area (Å²) in [6.07, 6.45) is 3.60. The number of nitrogens with one attached hydrogen (secondary N) is 2. The quantitative estimate of drug-likeness (QED) is 0.846. The van der Waals surface area contributed by atoms with Gasteiger partial charge in [-0.15, -0.1) is 0 Å². The third-order valence-electron chi connectivity index (χ3n) is 4.60. The third-order valence-corrected chi connectivity index (χ3v) is 4.60. The van der Waals surface area contributed by atoms with Crippen molar-refractivity contribution in [2.24, 2.45) is 0 Å². The lowest BCUT2D eigenvalue weighted by atomic mass is 10.1. The van der Waals surface area contributed by atoms with Crippen molar-refractivity contribution in [3.8, 4) is 0 Å². The predicted molar refractivity (Wildman–Crippen MR) is 96.9 cm³/mol. The Morgan fingerprint density at radius 2 is 2.08 bits per heavy atom. The summed E-state index contributed by atoms with van der Waals surface area (Å²) >= 11 is 0. The highest BCUT2D eigenvalue weighted by molar-refractivity contribution is 5.95. The molecule has 0 radical (unpaired) electrons. The van der Waals surface area contributed by atoms with Gasteiger partial charge >= 0.3 is 5.63 Å². The van der Waals surface area contributed by atoms with Crippen LogP contribution in [0.3, 0.4) is 0 Å². The van der Waals surface area contributed by atoms with Gasteiger partial charge < -0.3 is 15.1 Å². The number of amides is 1. The van der Waals surface area contributed by atoms with E-state index in [1.165, 1.54) is 5.56 Å². The molecule has 1 atom stereocenters. The molecule has 0 saturated carbocycles. The van der Waals surface area contributed by atoms with Crippen LogP contribution in [-0.2, 0) is 12.8 Å². The van der Waals surface area contributed by atoms with Crippen molar-refractivity contribution < 1.29 is 9.21 Å². The van der Waals surface area contributed by atoms with Crippen LogP contribution in [0, 0.1) is 6.92 Å². The fourth-order valence-electron chi connectivity index (χ4n) is 3.22. The lowest BCUT2D eigenvalue weighted by Gasteiger charge is -2.12. The first-order chi connectivity index (χ1) is 12.1. The van der Waals surface area contributed by atoms with E-state index in [1.54, 1.807) is 13.0 Å². The molecule has 0 spiro atoms. The molecule has 1 aliphatic heterocycles. The molecule has 1 fully saturated rings. The van der Waals surface area contributed by atoms with Crippen LogP contribution in [-0.4, -0.2) is 25.0 Å². The number of carbonyl (C=O) groups excluding carboxylic acids is 1. The van der Waals surface area contributed by atoms with E-state index >= 15 is 0 Å². The van der Waals surface area contributed by atoms with Crippen molar-refractivity contribution >= 4 is 5.91 Å². The largest absolute Gasteiger partial charge is 0.427 e. The molecule has 0 bridgehead atoms. The first-order valence-corrected chi connectivity index (χ1v) is 8.82. The normalized spacial score (nSPS) is 16.8. The second-order valence-electron chi connectivity index (χ2n) is 6.55. The van der Waals surface area contributed by atoms with Crippen LogP contribution in [0.5, 0.6) is 0 Å². The molecular formula is C20H24N2O3. The Kier molecular flexibility index (Phi) is 5.66. The van der Waals surface area contributed by atoms with E-state index in [9.17, 15) is 9.59 Å². The maximum Gasteiger partial charge on any atom is 0.349 e. The van der Waals surface area contributed by atoms with Crippen LogP contribution in [0.4, 0.5) is 0 Å². The maximum absolute atomic E-state index is 12.3. The smallest absolute Gasteiger partial charge is 0.349 e. The Balaban J connectivity index is 1.64. The number of rotatable bonds is 6. The topological polar surface area (TPSA) is 71.3 Å². The molecule has 0 unspecified atom stereocenters. The van der Waals surface area contributed by atoms with E-state index < -0.39 is 5.63 Å². The zero-order valence-corrected chi connectivity index (χ0v) is 14.5. The molecule has 1 saturated heterocycles. The van der Waals surface area contributed by atoms with Crippen LogP contribution < -0.4 is 16.3 Å². The molecular weight excluding hydrogens is 316 g/mol. The van der Waals surface area contributed by atoms with E-state index in [0.717, 1.165) is 25.8 Å². The predicted octanol–water partition coefficient (Wildman–Crippen LogP) is 2.22. The fourth-order valence-corrected chi connectivity index (χ4v) is 3.22. The Morgan fingerprint density at radius 3 is 2.76 bits per heavy atom. The van der Waals surface area contributed by atoms with Crippen LogP contribution in [0.1, 0.15) is 40.1 Å². The molecule has 1 aromatic carbocycles. The lowest BCUT2D eigenvalue weighted by molar-refractivity contribution is 0.0945. The van der Waals surface area contributed by atoms with E-state index in [-0.39, 0.29) is 11.5 Å². The van der Waals surface area contributed by atoms with Crippen LogP contribution >= 0.6 is 0 Å². The minimum atomic E-state index is -0.556. The number of hydrogen-bond donors (Lipinski definition) is 2. The Hall–Kier alpha value is -2.40. The van der Waals surface area contributed by atoms with Gasteiger partial charge in [0.05, 0.1) is 0 Å². The van der Waals surface area contributed by atoms with Crippen molar-refractivity contribution in [2.45, 2.75) is 38.6 Å². The summed E-state index contributed by atoms with van der Waals surface area (Å²) in [6.45, 7) is 3.30. The second-order valence-corrected chi connectivity index (χ2v) is 6.55. The summed E-state index contributed by atoms with van der Waals surface area (Å²) in [7, 11) is 0. The summed E-state index contributed by atoms with van der Waals surface area (Å²) in [5, 5.41) is 6.16. The zero-order valence-electron chi connectivity index (χ0n) is 14.5. The molecule has 2 N–H and O–H groups in total. The average Bonchev–Trinajstić information content (AvgIpc) is 3.12. The SMILES string of the molecule is Cc1cc(CCc2ccccc2)oc(=O)c1C(=O)NC[C@@H]1CCCN1. The number of aryl methyl sites for hydroxylation is 3.